The van der Waals surface area contributed by atoms with Crippen molar-refractivity contribution >= 4 is 23.4 Å². The molecule has 1 fully saturated rings. The number of alkyl halides is 3. The number of hydrogen-bond acceptors (Lipinski definition) is 3. The van der Waals surface area contributed by atoms with Gasteiger partial charge in [0, 0.05) is 17.1 Å². The number of nitrogens with one attached hydrogen (secondary N) is 1. The fourth-order valence-corrected chi connectivity index (χ4v) is 2.57. The van der Waals surface area contributed by atoms with Crippen molar-refractivity contribution in [2.24, 2.45) is 5.92 Å². The molecule has 132 valence electrons. The van der Waals surface area contributed by atoms with Gasteiger partial charge in [-0.3, -0.25) is 0 Å². The number of nitrogens with zero attached hydrogens (tertiary/aromatic N) is 1. The molecule has 8 heteroatoms. The second kappa shape index (κ2) is 6.55. The number of anilines is 1. The van der Waals surface area contributed by atoms with E-state index in [2.05, 4.69) is 10.3 Å². The molecule has 1 heterocycles. The van der Waals surface area contributed by atoms with Gasteiger partial charge in [-0.15, -0.1) is 0 Å². The van der Waals surface area contributed by atoms with Gasteiger partial charge in [0.15, 0.2) is 0 Å². The van der Waals surface area contributed by atoms with E-state index in [-0.39, 0.29) is 11.5 Å². The van der Waals surface area contributed by atoms with Crippen LogP contribution in [0.4, 0.5) is 19.0 Å². The second-order valence-electron chi connectivity index (χ2n) is 5.91. The number of halogens is 4. The zero-order chi connectivity index (χ0) is 18.2. The highest BCUT2D eigenvalue weighted by Crippen LogP contribution is 2.38. The van der Waals surface area contributed by atoms with Crippen LogP contribution in [-0.4, -0.2) is 22.6 Å². The highest BCUT2D eigenvalue weighted by Gasteiger charge is 2.38. The molecule has 0 unspecified atom stereocenters. The van der Waals surface area contributed by atoms with Crippen LogP contribution in [-0.2, 0) is 6.18 Å². The summed E-state index contributed by atoms with van der Waals surface area (Å²) in [4.78, 5) is 15.6. The van der Waals surface area contributed by atoms with Crippen LogP contribution in [0, 0.1) is 5.92 Å². The number of aromatic nitrogens is 1. The molecule has 2 N–H and O–H groups in total. The molecule has 0 spiro atoms. The smallest absolute Gasteiger partial charge is 0.417 e. The van der Waals surface area contributed by atoms with E-state index in [4.69, 9.17) is 11.6 Å². The summed E-state index contributed by atoms with van der Waals surface area (Å²) in [5.41, 5.74) is -1.63. The van der Waals surface area contributed by atoms with Crippen molar-refractivity contribution in [2.75, 3.05) is 11.9 Å². The van der Waals surface area contributed by atoms with E-state index >= 15 is 0 Å². The summed E-state index contributed by atoms with van der Waals surface area (Å²) in [6, 6.07) is 6.91. The number of hydrogen-bond donors (Lipinski definition) is 2. The molecule has 1 saturated carbocycles. The third-order valence-corrected chi connectivity index (χ3v) is 4.19. The third-order valence-electron chi connectivity index (χ3n) is 3.93. The Kier molecular flexibility index (Phi) is 4.60. The normalized spacial score (nSPS) is 14.4. The van der Waals surface area contributed by atoms with Crippen molar-refractivity contribution in [3.05, 3.63) is 46.5 Å². The SMILES string of the molecule is O=C(O)c1c(C(F)(F)F)cc(-c2ccc(Cl)cc2)nc1NCC1CC1. The summed E-state index contributed by atoms with van der Waals surface area (Å²) in [5.74, 6) is -1.59. The average molecular weight is 371 g/mol. The Bertz CT molecular complexity index is 803. The Hall–Kier alpha value is -2.28. The summed E-state index contributed by atoms with van der Waals surface area (Å²) in [6.07, 6.45) is -2.87. The van der Waals surface area contributed by atoms with Crippen molar-refractivity contribution in [3.63, 3.8) is 0 Å². The van der Waals surface area contributed by atoms with E-state index in [9.17, 15) is 23.1 Å². The van der Waals surface area contributed by atoms with Crippen molar-refractivity contribution in [3.8, 4) is 11.3 Å². The van der Waals surface area contributed by atoms with E-state index in [0.717, 1.165) is 18.9 Å². The fourth-order valence-electron chi connectivity index (χ4n) is 2.44. The van der Waals surface area contributed by atoms with E-state index in [1.807, 2.05) is 0 Å². The molecular weight excluding hydrogens is 357 g/mol. The van der Waals surface area contributed by atoms with Crippen LogP contribution in [0.2, 0.25) is 5.02 Å². The highest BCUT2D eigenvalue weighted by molar-refractivity contribution is 6.30. The molecule has 0 aliphatic heterocycles. The van der Waals surface area contributed by atoms with Crippen molar-refractivity contribution in [1.82, 2.24) is 4.98 Å². The number of carboxylic acids is 1. The summed E-state index contributed by atoms with van der Waals surface area (Å²) in [7, 11) is 0. The van der Waals surface area contributed by atoms with Gasteiger partial charge in [-0.1, -0.05) is 23.7 Å². The molecule has 0 bridgehead atoms. The molecule has 2 aromatic rings. The Labute approximate surface area is 146 Å². The van der Waals surface area contributed by atoms with Crippen LogP contribution < -0.4 is 5.32 Å². The van der Waals surface area contributed by atoms with Crippen LogP contribution in [0.1, 0.15) is 28.8 Å². The van der Waals surface area contributed by atoms with Gasteiger partial charge in [-0.05, 0) is 37.0 Å². The molecule has 1 aliphatic rings. The number of aromatic carboxylic acids is 1. The molecule has 1 aliphatic carbocycles. The zero-order valence-corrected chi connectivity index (χ0v) is 13.7. The van der Waals surface area contributed by atoms with Gasteiger partial charge >= 0.3 is 12.1 Å². The number of rotatable bonds is 5. The van der Waals surface area contributed by atoms with Gasteiger partial charge in [-0.25, -0.2) is 9.78 Å². The average Bonchev–Trinajstić information content (AvgIpc) is 3.36. The maximum absolute atomic E-state index is 13.4. The number of carbonyl (C=O) groups is 1. The van der Waals surface area contributed by atoms with Crippen LogP contribution >= 0.6 is 11.6 Å². The van der Waals surface area contributed by atoms with Gasteiger partial charge in [0.1, 0.15) is 11.4 Å². The molecule has 1 aromatic heterocycles. The quantitative estimate of drug-likeness (QED) is 0.782. The molecule has 3 rings (SSSR count). The summed E-state index contributed by atoms with van der Waals surface area (Å²) in [5, 5.41) is 12.5. The summed E-state index contributed by atoms with van der Waals surface area (Å²) < 4.78 is 40.3. The molecule has 4 nitrogen and oxygen atoms in total. The lowest BCUT2D eigenvalue weighted by Crippen LogP contribution is -2.18. The van der Waals surface area contributed by atoms with Gasteiger partial charge in [-0.2, -0.15) is 13.2 Å². The Morgan fingerprint density at radius 2 is 1.92 bits per heavy atom. The number of benzene rings is 1. The fraction of sp³-hybridized carbons (Fsp3) is 0.294. The lowest BCUT2D eigenvalue weighted by molar-refractivity contribution is -0.138. The first-order valence-electron chi connectivity index (χ1n) is 7.61. The first-order chi connectivity index (χ1) is 11.8. The summed E-state index contributed by atoms with van der Waals surface area (Å²) >= 11 is 5.80. The monoisotopic (exact) mass is 370 g/mol. The molecule has 0 amide bonds. The minimum absolute atomic E-state index is 0.0345. The predicted molar refractivity (Wildman–Crippen MR) is 87.9 cm³/mol. The number of carboxylic acid groups (broad SMARTS) is 1. The first kappa shape index (κ1) is 17.5. The predicted octanol–water partition coefficient (Wildman–Crippen LogP) is 4.94. The van der Waals surface area contributed by atoms with Crippen molar-refractivity contribution < 1.29 is 23.1 Å². The van der Waals surface area contributed by atoms with Gasteiger partial charge < -0.3 is 10.4 Å². The second-order valence-corrected chi connectivity index (χ2v) is 6.35. The topological polar surface area (TPSA) is 62.2 Å². The third kappa shape index (κ3) is 4.04. The molecule has 1 aromatic carbocycles. The van der Waals surface area contributed by atoms with Crippen LogP contribution in [0.3, 0.4) is 0 Å². The van der Waals surface area contributed by atoms with Crippen LogP contribution in [0.25, 0.3) is 11.3 Å². The van der Waals surface area contributed by atoms with Crippen molar-refractivity contribution in [2.45, 2.75) is 19.0 Å². The Morgan fingerprint density at radius 3 is 2.44 bits per heavy atom. The van der Waals surface area contributed by atoms with E-state index in [1.54, 1.807) is 0 Å². The molecule has 0 radical (unpaired) electrons. The van der Waals surface area contributed by atoms with E-state index < -0.39 is 23.3 Å². The zero-order valence-electron chi connectivity index (χ0n) is 12.9. The molecule has 0 atom stereocenters. The minimum Gasteiger partial charge on any atom is -0.478 e. The lowest BCUT2D eigenvalue weighted by atomic mass is 10.0. The minimum atomic E-state index is -4.81. The van der Waals surface area contributed by atoms with Crippen molar-refractivity contribution in [1.29, 1.82) is 0 Å². The highest BCUT2D eigenvalue weighted by atomic mass is 35.5. The standard InChI is InChI=1S/C17H14ClF3N2O2/c18-11-5-3-10(4-6-11)13-7-12(17(19,20)21)14(16(24)25)15(23-13)22-8-9-1-2-9/h3-7,9H,1-2,8H2,(H,22,23)(H,24,25). The molecule has 25 heavy (non-hydrogen) atoms. The molecular formula is C17H14ClF3N2O2. The van der Waals surface area contributed by atoms with Gasteiger partial charge in [0.2, 0.25) is 0 Å². The maximum Gasteiger partial charge on any atom is 0.417 e. The largest absolute Gasteiger partial charge is 0.478 e. The molecule has 0 saturated heterocycles. The van der Waals surface area contributed by atoms with Crippen LogP contribution in [0.15, 0.2) is 30.3 Å². The maximum atomic E-state index is 13.4. The summed E-state index contributed by atoms with van der Waals surface area (Å²) in [6.45, 7) is 0.397. The lowest BCUT2D eigenvalue weighted by Gasteiger charge is -2.17. The van der Waals surface area contributed by atoms with Gasteiger partial charge in [0.25, 0.3) is 0 Å². The first-order valence-corrected chi connectivity index (χ1v) is 7.99. The van der Waals surface area contributed by atoms with Crippen LogP contribution in [0.5, 0.6) is 0 Å². The van der Waals surface area contributed by atoms with E-state index in [0.29, 0.717) is 23.0 Å². The Balaban J connectivity index is 2.13. The number of pyridine rings is 1. The van der Waals surface area contributed by atoms with E-state index in [1.165, 1.54) is 24.3 Å². The Morgan fingerprint density at radius 1 is 1.28 bits per heavy atom. The van der Waals surface area contributed by atoms with Gasteiger partial charge in [0.05, 0.1) is 11.3 Å².